The normalized spacial score (nSPS) is 13.4. The highest BCUT2D eigenvalue weighted by Gasteiger charge is 2.24. The van der Waals surface area contributed by atoms with Gasteiger partial charge in [-0.1, -0.05) is 0 Å². The number of hydrogen-bond donors (Lipinski definition) is 0. The molecule has 0 saturated heterocycles. The van der Waals surface area contributed by atoms with E-state index in [2.05, 4.69) is 58.6 Å². The van der Waals surface area contributed by atoms with E-state index in [1.807, 2.05) is 0 Å². The van der Waals surface area contributed by atoms with Gasteiger partial charge in [0.2, 0.25) is 0 Å². The van der Waals surface area contributed by atoms with Gasteiger partial charge in [0.05, 0.1) is 0 Å². The van der Waals surface area contributed by atoms with Crippen LogP contribution < -0.4 is 0 Å². The second kappa shape index (κ2) is 4.97. The molecule has 0 aromatic rings. The van der Waals surface area contributed by atoms with Crippen molar-refractivity contribution in [2.45, 2.75) is 45.7 Å². The predicted octanol–water partition coefficient (Wildman–Crippen LogP) is 2.06. The van der Waals surface area contributed by atoms with Gasteiger partial charge in [-0.3, -0.25) is 4.90 Å². The van der Waals surface area contributed by atoms with Crippen LogP contribution in [0.2, 0.25) is 0 Å². The van der Waals surface area contributed by atoms with Crippen molar-refractivity contribution >= 4 is 0 Å². The van der Waals surface area contributed by atoms with Crippen LogP contribution in [0.5, 0.6) is 0 Å². The summed E-state index contributed by atoms with van der Waals surface area (Å²) in [7, 11) is 6.47. The molecule has 0 unspecified atom stereocenters. The largest absolute Gasteiger partial charge is 0.309 e. The van der Waals surface area contributed by atoms with Crippen LogP contribution in [0.4, 0.5) is 0 Å². The molecule has 0 atom stereocenters. The fourth-order valence-electron chi connectivity index (χ4n) is 1.37. The maximum absolute atomic E-state index is 2.44. The van der Waals surface area contributed by atoms with Crippen molar-refractivity contribution in [2.75, 3.05) is 27.7 Å². The lowest BCUT2D eigenvalue weighted by molar-refractivity contribution is 0.101. The highest BCUT2D eigenvalue weighted by atomic mass is 15.2. The molecule has 0 fully saturated rings. The molecular formula is C11H26N2. The molecule has 13 heavy (non-hydrogen) atoms. The van der Waals surface area contributed by atoms with E-state index < -0.39 is 0 Å². The lowest BCUT2D eigenvalue weighted by atomic mass is 9.97. The van der Waals surface area contributed by atoms with Crippen molar-refractivity contribution in [1.82, 2.24) is 9.80 Å². The molecule has 2 heteroatoms. The Morgan fingerprint density at radius 3 is 1.85 bits per heavy atom. The predicted molar refractivity (Wildman–Crippen MR) is 60.1 cm³/mol. The summed E-state index contributed by atoms with van der Waals surface area (Å²) in [6.07, 6.45) is 1.22. The van der Waals surface area contributed by atoms with E-state index in [9.17, 15) is 0 Å². The summed E-state index contributed by atoms with van der Waals surface area (Å²) in [5, 5.41) is 0. The average molecular weight is 186 g/mol. The van der Waals surface area contributed by atoms with Crippen LogP contribution in [-0.2, 0) is 0 Å². The molecule has 0 aromatic heterocycles. The Morgan fingerprint density at radius 2 is 1.54 bits per heavy atom. The molecule has 0 N–H and O–H groups in total. The van der Waals surface area contributed by atoms with Gasteiger partial charge in [0, 0.05) is 11.6 Å². The monoisotopic (exact) mass is 186 g/mol. The molecule has 0 aromatic carbocycles. The first kappa shape index (κ1) is 12.9. The summed E-state index contributed by atoms with van der Waals surface area (Å²) in [6, 6.07) is 0.622. The van der Waals surface area contributed by atoms with Crippen LogP contribution in [0.15, 0.2) is 0 Å². The van der Waals surface area contributed by atoms with Crippen LogP contribution in [0.3, 0.4) is 0 Å². The zero-order valence-electron chi connectivity index (χ0n) is 10.4. The lowest BCUT2D eigenvalue weighted by Crippen LogP contribution is -2.46. The van der Waals surface area contributed by atoms with Crippen molar-refractivity contribution in [2.24, 2.45) is 0 Å². The smallest absolute Gasteiger partial charge is 0.0165 e. The maximum Gasteiger partial charge on any atom is 0.0165 e. The second-order valence-electron chi connectivity index (χ2n) is 5.07. The highest BCUT2D eigenvalue weighted by Crippen LogP contribution is 2.19. The minimum absolute atomic E-state index is 0.304. The molecule has 0 bridgehead atoms. The van der Waals surface area contributed by atoms with Crippen LogP contribution in [0, 0.1) is 0 Å². The molecular weight excluding hydrogens is 160 g/mol. The second-order valence-corrected chi connectivity index (χ2v) is 5.07. The molecule has 0 aliphatic heterocycles. The summed E-state index contributed by atoms with van der Waals surface area (Å²) in [4.78, 5) is 4.69. The van der Waals surface area contributed by atoms with E-state index in [-0.39, 0.29) is 0 Å². The van der Waals surface area contributed by atoms with E-state index in [4.69, 9.17) is 0 Å². The van der Waals surface area contributed by atoms with E-state index >= 15 is 0 Å². The summed E-state index contributed by atoms with van der Waals surface area (Å²) in [6.45, 7) is 10.3. The van der Waals surface area contributed by atoms with Gasteiger partial charge >= 0.3 is 0 Å². The molecule has 0 aliphatic carbocycles. The summed E-state index contributed by atoms with van der Waals surface area (Å²) < 4.78 is 0. The summed E-state index contributed by atoms with van der Waals surface area (Å²) >= 11 is 0. The molecule has 0 aliphatic rings. The minimum atomic E-state index is 0.304. The number of hydrogen-bond acceptors (Lipinski definition) is 2. The van der Waals surface area contributed by atoms with Gasteiger partial charge < -0.3 is 4.90 Å². The Balaban J connectivity index is 4.06. The molecule has 0 spiro atoms. The van der Waals surface area contributed by atoms with Gasteiger partial charge in [-0.25, -0.2) is 0 Å². The molecule has 0 amide bonds. The van der Waals surface area contributed by atoms with Crippen molar-refractivity contribution in [1.29, 1.82) is 0 Å². The van der Waals surface area contributed by atoms with Gasteiger partial charge in [0.1, 0.15) is 0 Å². The van der Waals surface area contributed by atoms with E-state index in [1.165, 1.54) is 6.42 Å². The van der Waals surface area contributed by atoms with Gasteiger partial charge in [0.25, 0.3) is 0 Å². The van der Waals surface area contributed by atoms with Gasteiger partial charge in [0.15, 0.2) is 0 Å². The Hall–Kier alpha value is -0.0800. The Morgan fingerprint density at radius 1 is 1.08 bits per heavy atom. The fraction of sp³-hybridized carbons (Fsp3) is 1.00. The number of nitrogens with zero attached hydrogens (tertiary/aromatic N) is 2. The molecule has 80 valence electrons. The zero-order valence-corrected chi connectivity index (χ0v) is 10.4. The van der Waals surface area contributed by atoms with Crippen molar-refractivity contribution in [3.8, 4) is 0 Å². The third-order valence-electron chi connectivity index (χ3n) is 2.90. The van der Waals surface area contributed by atoms with Gasteiger partial charge in [-0.15, -0.1) is 0 Å². The highest BCUT2D eigenvalue weighted by molar-refractivity contribution is 4.81. The van der Waals surface area contributed by atoms with E-state index in [0.29, 0.717) is 11.6 Å². The van der Waals surface area contributed by atoms with Crippen molar-refractivity contribution in [3.63, 3.8) is 0 Å². The summed E-state index contributed by atoms with van der Waals surface area (Å²) in [5.41, 5.74) is 0.304. The number of rotatable bonds is 5. The molecule has 0 rings (SSSR count). The van der Waals surface area contributed by atoms with Crippen LogP contribution in [0.25, 0.3) is 0 Å². The van der Waals surface area contributed by atoms with Gasteiger partial charge in [-0.2, -0.15) is 0 Å². The van der Waals surface area contributed by atoms with Gasteiger partial charge in [-0.05, 0) is 61.8 Å². The summed E-state index contributed by atoms with van der Waals surface area (Å²) in [5.74, 6) is 0. The molecule has 2 nitrogen and oxygen atoms in total. The Kier molecular flexibility index (Phi) is 4.93. The zero-order chi connectivity index (χ0) is 10.6. The molecule has 0 saturated carbocycles. The molecule has 0 radical (unpaired) electrons. The first-order valence-electron chi connectivity index (χ1n) is 5.15. The lowest BCUT2D eigenvalue weighted by Gasteiger charge is -2.39. The SMILES string of the molecule is CC(C)N(C)C(C)(C)CCN(C)C. The Labute approximate surface area is 83.9 Å². The fourth-order valence-corrected chi connectivity index (χ4v) is 1.37. The Bertz CT molecular complexity index is 139. The van der Waals surface area contributed by atoms with E-state index in [0.717, 1.165) is 6.54 Å². The van der Waals surface area contributed by atoms with Crippen LogP contribution in [-0.4, -0.2) is 49.1 Å². The standard InChI is InChI=1S/C11H26N2/c1-10(2)13(7)11(3,4)8-9-12(5)6/h10H,8-9H2,1-7H3. The minimum Gasteiger partial charge on any atom is -0.309 e. The third kappa shape index (κ3) is 4.63. The topological polar surface area (TPSA) is 6.48 Å². The van der Waals surface area contributed by atoms with Crippen molar-refractivity contribution < 1.29 is 0 Å². The first-order chi connectivity index (χ1) is 5.77. The van der Waals surface area contributed by atoms with E-state index in [1.54, 1.807) is 0 Å². The van der Waals surface area contributed by atoms with Crippen LogP contribution in [0.1, 0.15) is 34.1 Å². The maximum atomic E-state index is 2.44. The quantitative estimate of drug-likeness (QED) is 0.648. The van der Waals surface area contributed by atoms with Crippen molar-refractivity contribution in [3.05, 3.63) is 0 Å². The third-order valence-corrected chi connectivity index (χ3v) is 2.90. The average Bonchev–Trinajstić information content (AvgIpc) is 1.99. The molecule has 0 heterocycles. The van der Waals surface area contributed by atoms with Crippen LogP contribution >= 0.6 is 0 Å². The first-order valence-corrected chi connectivity index (χ1v) is 5.15.